The Morgan fingerprint density at radius 2 is 1.52 bits per heavy atom. The molecule has 28 heteroatoms. The molecule has 0 amide bonds. The van der Waals surface area contributed by atoms with E-state index >= 15 is 0 Å². The highest BCUT2D eigenvalue weighted by Gasteiger charge is 2.55. The van der Waals surface area contributed by atoms with Crippen LogP contribution >= 0.6 is 15.6 Å². The van der Waals surface area contributed by atoms with Crippen molar-refractivity contribution in [2.45, 2.75) is 55.3 Å². The summed E-state index contributed by atoms with van der Waals surface area (Å²) in [6.45, 7) is -3.97. The second-order valence-corrected chi connectivity index (χ2v) is 13.9. The van der Waals surface area contributed by atoms with Crippen LogP contribution in [0.3, 0.4) is 0 Å². The number of rotatable bonds is 4. The fourth-order valence-electron chi connectivity index (χ4n) is 5.65. The van der Waals surface area contributed by atoms with E-state index in [1.807, 2.05) is 0 Å². The molecule has 7 heterocycles. The van der Waals surface area contributed by atoms with Crippen LogP contribution in [-0.4, -0.2) is 117 Å². The molecule has 0 aromatic carbocycles. The maximum atomic E-state index is 13.4. The van der Waals surface area contributed by atoms with Gasteiger partial charge in [0, 0.05) is 0 Å². The van der Waals surface area contributed by atoms with Gasteiger partial charge >= 0.3 is 21.8 Å². The van der Waals surface area contributed by atoms with Crippen molar-refractivity contribution in [3.8, 4) is 0 Å². The highest BCUT2D eigenvalue weighted by atomic mass is 31.2. The maximum absolute atomic E-state index is 13.4. The summed E-state index contributed by atoms with van der Waals surface area (Å²) in [7, 11) is -10.7. The Kier molecular flexibility index (Phi) is 8.72. The first-order valence-corrected chi connectivity index (χ1v) is 17.1. The zero-order valence-electron chi connectivity index (χ0n) is 24.7. The number of H-pyrrole nitrogens is 1. The quantitative estimate of drug-likeness (QED) is 0.139. The first-order valence-electron chi connectivity index (χ1n) is 14.1. The number of hydrogen-bond donors (Lipinski definition) is 6. The van der Waals surface area contributed by atoms with Gasteiger partial charge in [0.15, 0.2) is 35.1 Å². The first kappa shape index (κ1) is 34.8. The van der Waals surface area contributed by atoms with Gasteiger partial charge in [0.05, 0.1) is 25.9 Å². The summed E-state index contributed by atoms with van der Waals surface area (Å²) in [4.78, 5) is 56.0. The zero-order chi connectivity index (χ0) is 35.7. The van der Waals surface area contributed by atoms with Gasteiger partial charge in [-0.25, -0.2) is 29.1 Å². The third-order valence-electron chi connectivity index (χ3n) is 7.74. The van der Waals surface area contributed by atoms with Gasteiger partial charge in [-0.15, -0.1) is 0 Å². The van der Waals surface area contributed by atoms with Crippen LogP contribution in [0.2, 0.25) is 0 Å². The van der Waals surface area contributed by atoms with Crippen molar-refractivity contribution in [1.82, 2.24) is 39.0 Å². The molecule has 4 bridgehead atoms. The predicted molar refractivity (Wildman–Crippen MR) is 153 cm³/mol. The number of anilines is 2. The van der Waals surface area contributed by atoms with Gasteiger partial charge in [-0.05, 0) is 0 Å². The van der Waals surface area contributed by atoms with E-state index < -0.39 is 102 Å². The summed E-state index contributed by atoms with van der Waals surface area (Å²) < 4.78 is 106. The van der Waals surface area contributed by atoms with Crippen LogP contribution in [0.15, 0.2) is 23.8 Å². The molecule has 4 unspecified atom stereocenters. The molecule has 23 nitrogen and oxygen atoms in total. The van der Waals surface area contributed by atoms with Gasteiger partial charge in [-0.1, -0.05) is 0 Å². The summed E-state index contributed by atoms with van der Waals surface area (Å²) >= 11 is 0. The van der Waals surface area contributed by atoms with E-state index in [2.05, 4.69) is 29.9 Å². The van der Waals surface area contributed by atoms with Crippen molar-refractivity contribution in [3.05, 3.63) is 29.3 Å². The molecular formula is C22H25F3N10O13P2. The van der Waals surface area contributed by atoms with Crippen LogP contribution in [0, 0.1) is 0 Å². The number of aromatic nitrogens is 8. The highest BCUT2D eigenvalue weighted by molar-refractivity contribution is 7.47. The number of phosphoric acid groups is 2. The fraction of sp³-hybridized carbons (Fsp3) is 0.545. The van der Waals surface area contributed by atoms with E-state index in [-0.39, 0.29) is 28.1 Å². The van der Waals surface area contributed by atoms with Gasteiger partial charge in [0.25, 0.3) is 5.56 Å². The Labute approximate surface area is 274 Å². The highest BCUT2D eigenvalue weighted by Crippen LogP contribution is 2.54. The topological polar surface area (TPSA) is 319 Å². The van der Waals surface area contributed by atoms with Crippen LogP contribution in [0.1, 0.15) is 12.5 Å². The standard InChI is InChI=1S/C22H25F3N10O13P2/c23-22(24,25)3-42-12-8-2-44-49(38,39)47-13-11(36)7(45-19(13)34-5-30-9-15(26)28-4-29-16(9)34)1-43-50(40,41)48-14(12)20(46-8)35-6-31-10-17(35)32-21(27)33-18(10)37/h4-8,11-14,19-20,36H,1-3H2,(H,38,39)(H,40,41)(H2,26,28,29)(H3,27,32,33,37)/t7-,8-,11?,12?,13+,14+,19-,20-/m1/s1. The number of nitrogens with two attached hydrogens (primary N) is 2. The number of aromatic amines is 1. The van der Waals surface area contributed by atoms with Crippen LogP contribution in [0.5, 0.6) is 0 Å². The SMILES string of the molecule is Nc1nc2c(ncn2[C@@H]2O[C@@H]3COP(=O)(O)O[C@H]4C(O)[C@@H](COP(=O)(O)O[C@H]2C3OCC(F)(F)F)O[C@H]4n2cnc3c(N)ncnc32)c(=O)[nH]1. The molecule has 7 rings (SSSR count). The molecule has 50 heavy (non-hydrogen) atoms. The monoisotopic (exact) mass is 756 g/mol. The Morgan fingerprint density at radius 1 is 0.920 bits per heavy atom. The Balaban J connectivity index is 1.26. The van der Waals surface area contributed by atoms with Crippen molar-refractivity contribution >= 4 is 49.7 Å². The Bertz CT molecular complexity index is 2080. The lowest BCUT2D eigenvalue weighted by Gasteiger charge is -2.28. The second kappa shape index (κ2) is 12.5. The van der Waals surface area contributed by atoms with Crippen molar-refractivity contribution < 1.29 is 69.5 Å². The summed E-state index contributed by atoms with van der Waals surface area (Å²) in [5.41, 5.74) is 10.2. The first-order chi connectivity index (χ1) is 23.5. The van der Waals surface area contributed by atoms with E-state index in [1.54, 1.807) is 0 Å². The molecule has 3 aliphatic heterocycles. The second-order valence-electron chi connectivity index (χ2n) is 11.0. The molecule has 272 valence electrons. The van der Waals surface area contributed by atoms with Crippen LogP contribution < -0.4 is 17.0 Å². The minimum Gasteiger partial charge on any atom is -0.387 e. The van der Waals surface area contributed by atoms with Crippen molar-refractivity contribution in [3.63, 3.8) is 0 Å². The summed E-state index contributed by atoms with van der Waals surface area (Å²) in [5, 5.41) is 11.1. The number of nitrogens with one attached hydrogen (secondary N) is 1. The third kappa shape index (κ3) is 6.60. The summed E-state index contributed by atoms with van der Waals surface area (Å²) in [6.07, 6.45) is -16.0. The van der Waals surface area contributed by atoms with Gasteiger partial charge < -0.3 is 40.6 Å². The molecule has 3 fully saturated rings. The minimum atomic E-state index is -5.36. The average molecular weight is 756 g/mol. The molecule has 0 saturated carbocycles. The molecule has 4 aromatic rings. The average Bonchev–Trinajstić information content (AvgIpc) is 3.78. The third-order valence-corrected chi connectivity index (χ3v) is 9.71. The van der Waals surface area contributed by atoms with Crippen molar-refractivity contribution in [2.24, 2.45) is 0 Å². The van der Waals surface area contributed by atoms with Gasteiger partial charge in [0.2, 0.25) is 5.95 Å². The zero-order valence-corrected chi connectivity index (χ0v) is 26.5. The van der Waals surface area contributed by atoms with Gasteiger partial charge in [-0.2, -0.15) is 18.2 Å². The molecular weight excluding hydrogens is 731 g/mol. The number of phosphoric ester groups is 2. The molecule has 8 N–H and O–H groups in total. The summed E-state index contributed by atoms with van der Waals surface area (Å²) in [6, 6.07) is 0. The number of fused-ring (bicyclic) bond motifs is 6. The van der Waals surface area contributed by atoms with E-state index in [1.165, 1.54) is 4.57 Å². The number of ether oxygens (including phenoxy) is 3. The molecule has 0 spiro atoms. The van der Waals surface area contributed by atoms with Crippen LogP contribution in [-0.2, 0) is 41.4 Å². The molecule has 10 atom stereocenters. The Morgan fingerprint density at radius 3 is 2.22 bits per heavy atom. The van der Waals surface area contributed by atoms with E-state index in [4.69, 9.17) is 43.8 Å². The number of imidazole rings is 2. The van der Waals surface area contributed by atoms with Gasteiger partial charge in [-0.3, -0.25) is 37.0 Å². The van der Waals surface area contributed by atoms with Gasteiger partial charge in [0.1, 0.15) is 55.1 Å². The molecule has 3 saturated heterocycles. The predicted octanol–water partition coefficient (Wildman–Crippen LogP) is -0.755. The lowest BCUT2D eigenvalue weighted by molar-refractivity contribution is -0.196. The minimum absolute atomic E-state index is 0.0389. The molecule has 4 aromatic heterocycles. The smallest absolute Gasteiger partial charge is 0.387 e. The number of nitrogens with zero attached hydrogens (tertiary/aromatic N) is 7. The number of nitrogen functional groups attached to an aromatic ring is 2. The number of aliphatic hydroxyl groups is 1. The Hall–Kier alpha value is -3.65. The molecule has 0 radical (unpaired) electrons. The molecule has 0 aliphatic carbocycles. The largest absolute Gasteiger partial charge is 0.472 e. The maximum Gasteiger partial charge on any atom is 0.472 e. The van der Waals surface area contributed by atoms with E-state index in [0.717, 1.165) is 23.5 Å². The normalized spacial score (nSPS) is 35.5. The van der Waals surface area contributed by atoms with Crippen LogP contribution in [0.25, 0.3) is 22.3 Å². The van der Waals surface area contributed by atoms with Crippen LogP contribution in [0.4, 0.5) is 24.9 Å². The van der Waals surface area contributed by atoms with Crippen molar-refractivity contribution in [1.29, 1.82) is 0 Å². The van der Waals surface area contributed by atoms with Crippen molar-refractivity contribution in [2.75, 3.05) is 31.3 Å². The number of aliphatic hydroxyl groups excluding tert-OH is 1. The number of halogens is 3. The molecule has 3 aliphatic rings. The lowest BCUT2D eigenvalue weighted by atomic mass is 10.1. The van der Waals surface area contributed by atoms with E-state index in [0.29, 0.717) is 0 Å². The summed E-state index contributed by atoms with van der Waals surface area (Å²) in [5.74, 6) is -0.438. The van der Waals surface area contributed by atoms with E-state index in [9.17, 15) is 42.0 Å². The number of alkyl halides is 3. The lowest BCUT2D eigenvalue weighted by Crippen LogP contribution is -2.41. The fourth-order valence-corrected chi connectivity index (χ4v) is 7.51. The number of hydrogen-bond acceptors (Lipinski definition) is 18.